The largest absolute Gasteiger partial charge is 0.396 e. The maximum atomic E-state index is 9.67. The minimum Gasteiger partial charge on any atom is -0.396 e. The number of aliphatic hydroxyl groups excluding tert-OH is 2. The van der Waals surface area contributed by atoms with E-state index in [9.17, 15) is 5.11 Å². The van der Waals surface area contributed by atoms with Gasteiger partial charge in [-0.15, -0.1) is 0 Å². The Morgan fingerprint density at radius 2 is 1.77 bits per heavy atom. The topological polar surface area (TPSA) is 40.5 Å². The summed E-state index contributed by atoms with van der Waals surface area (Å²) in [6.45, 7) is 0.210. The molecule has 0 spiro atoms. The highest BCUT2D eigenvalue weighted by molar-refractivity contribution is 5.16. The second-order valence-corrected chi connectivity index (χ2v) is 3.15. The van der Waals surface area contributed by atoms with Crippen LogP contribution in [0.4, 0.5) is 0 Å². The maximum absolute atomic E-state index is 9.67. The molecule has 1 atom stereocenters. The minimum absolute atomic E-state index is 0.210. The van der Waals surface area contributed by atoms with E-state index >= 15 is 0 Å². The van der Waals surface area contributed by atoms with E-state index in [1.165, 1.54) is 0 Å². The van der Waals surface area contributed by atoms with Crippen molar-refractivity contribution in [3.63, 3.8) is 0 Å². The van der Waals surface area contributed by atoms with Crippen LogP contribution in [-0.2, 0) is 0 Å². The summed E-state index contributed by atoms with van der Waals surface area (Å²) < 4.78 is 0. The summed E-state index contributed by atoms with van der Waals surface area (Å²) in [6.07, 6.45) is 1.98. The first kappa shape index (κ1) is 10.2. The molecule has 72 valence electrons. The van der Waals surface area contributed by atoms with E-state index in [1.54, 1.807) is 0 Å². The van der Waals surface area contributed by atoms with Gasteiger partial charge in [0.15, 0.2) is 0 Å². The lowest BCUT2D eigenvalue weighted by atomic mass is 10.0. The molecular formula is C11H16O2. The first-order valence-electron chi connectivity index (χ1n) is 4.68. The molecule has 0 amide bonds. The predicted octanol–water partition coefficient (Wildman–Crippen LogP) is 1.88. The van der Waals surface area contributed by atoms with Crippen molar-refractivity contribution in [3.8, 4) is 0 Å². The summed E-state index contributed by atoms with van der Waals surface area (Å²) in [4.78, 5) is 0. The smallest absolute Gasteiger partial charge is 0.0790 e. The van der Waals surface area contributed by atoms with Crippen LogP contribution in [0.15, 0.2) is 30.3 Å². The van der Waals surface area contributed by atoms with Gasteiger partial charge < -0.3 is 10.2 Å². The molecule has 0 radical (unpaired) electrons. The molecule has 0 heterocycles. The molecule has 1 aromatic carbocycles. The number of unbranched alkanes of at least 4 members (excludes halogenated alkanes) is 1. The molecule has 0 aliphatic rings. The van der Waals surface area contributed by atoms with Gasteiger partial charge in [0.2, 0.25) is 0 Å². The molecule has 1 rings (SSSR count). The zero-order chi connectivity index (χ0) is 9.52. The average Bonchev–Trinajstić information content (AvgIpc) is 2.19. The molecule has 1 aromatic rings. The lowest BCUT2D eigenvalue weighted by molar-refractivity contribution is 0.159. The third kappa shape index (κ3) is 3.57. The van der Waals surface area contributed by atoms with Crippen LogP contribution in [0.25, 0.3) is 0 Å². The van der Waals surface area contributed by atoms with Gasteiger partial charge >= 0.3 is 0 Å². The Kier molecular flexibility index (Phi) is 4.50. The van der Waals surface area contributed by atoms with E-state index in [0.717, 1.165) is 24.8 Å². The summed E-state index contributed by atoms with van der Waals surface area (Å²) in [6, 6.07) is 9.62. The number of aliphatic hydroxyl groups is 2. The SMILES string of the molecule is OCCCC[C@H](O)c1ccccc1. The lowest BCUT2D eigenvalue weighted by Crippen LogP contribution is -1.97. The molecule has 2 N–H and O–H groups in total. The van der Waals surface area contributed by atoms with Crippen LogP contribution < -0.4 is 0 Å². The molecule has 0 aliphatic heterocycles. The Bertz CT molecular complexity index is 221. The Balaban J connectivity index is 2.35. The molecule has 0 saturated heterocycles. The zero-order valence-electron chi connectivity index (χ0n) is 7.69. The van der Waals surface area contributed by atoms with Crippen LogP contribution in [-0.4, -0.2) is 16.8 Å². The first-order valence-corrected chi connectivity index (χ1v) is 4.68. The quantitative estimate of drug-likeness (QED) is 0.679. The Labute approximate surface area is 78.8 Å². The van der Waals surface area contributed by atoms with Crippen molar-refractivity contribution in [1.29, 1.82) is 0 Å². The molecule has 0 fully saturated rings. The van der Waals surface area contributed by atoms with Crippen molar-refractivity contribution in [2.75, 3.05) is 6.61 Å². The average molecular weight is 180 g/mol. The summed E-state index contributed by atoms with van der Waals surface area (Å²) in [7, 11) is 0. The third-order valence-corrected chi connectivity index (χ3v) is 2.07. The van der Waals surface area contributed by atoms with Gasteiger partial charge in [0, 0.05) is 6.61 Å². The number of rotatable bonds is 5. The standard InChI is InChI=1S/C11H16O2/c12-9-5-4-8-11(13)10-6-2-1-3-7-10/h1-3,6-7,11-13H,4-5,8-9H2/t11-/m0/s1. The molecule has 0 aliphatic carbocycles. The van der Waals surface area contributed by atoms with Gasteiger partial charge in [0.25, 0.3) is 0 Å². The van der Waals surface area contributed by atoms with E-state index in [0.29, 0.717) is 0 Å². The van der Waals surface area contributed by atoms with Crippen LogP contribution in [0.1, 0.15) is 30.9 Å². The monoisotopic (exact) mass is 180 g/mol. The Morgan fingerprint density at radius 1 is 1.08 bits per heavy atom. The second kappa shape index (κ2) is 5.73. The molecule has 2 nitrogen and oxygen atoms in total. The van der Waals surface area contributed by atoms with Crippen LogP contribution >= 0.6 is 0 Å². The van der Waals surface area contributed by atoms with Gasteiger partial charge in [0.1, 0.15) is 0 Å². The molecule has 2 heteroatoms. The van der Waals surface area contributed by atoms with Gasteiger partial charge in [-0.1, -0.05) is 30.3 Å². The van der Waals surface area contributed by atoms with E-state index in [2.05, 4.69) is 0 Å². The lowest BCUT2D eigenvalue weighted by Gasteiger charge is -2.09. The molecular weight excluding hydrogens is 164 g/mol. The highest BCUT2D eigenvalue weighted by Crippen LogP contribution is 2.17. The summed E-state index contributed by atoms with van der Waals surface area (Å²) in [5, 5.41) is 18.2. The van der Waals surface area contributed by atoms with Crippen molar-refractivity contribution in [1.82, 2.24) is 0 Å². The normalized spacial score (nSPS) is 12.8. The van der Waals surface area contributed by atoms with Gasteiger partial charge in [-0.2, -0.15) is 0 Å². The van der Waals surface area contributed by atoms with Gasteiger partial charge in [-0.25, -0.2) is 0 Å². The Morgan fingerprint density at radius 3 is 2.38 bits per heavy atom. The first-order chi connectivity index (χ1) is 6.34. The fraction of sp³-hybridized carbons (Fsp3) is 0.455. The summed E-state index contributed by atoms with van der Waals surface area (Å²) >= 11 is 0. The third-order valence-electron chi connectivity index (χ3n) is 2.07. The van der Waals surface area contributed by atoms with Gasteiger partial charge in [-0.05, 0) is 24.8 Å². The van der Waals surface area contributed by atoms with Crippen LogP contribution in [0, 0.1) is 0 Å². The van der Waals surface area contributed by atoms with Crippen molar-refractivity contribution >= 4 is 0 Å². The molecule has 0 unspecified atom stereocenters. The van der Waals surface area contributed by atoms with E-state index in [1.807, 2.05) is 30.3 Å². The minimum atomic E-state index is -0.382. The highest BCUT2D eigenvalue weighted by Gasteiger charge is 2.05. The summed E-state index contributed by atoms with van der Waals surface area (Å²) in [5.41, 5.74) is 0.959. The van der Waals surface area contributed by atoms with Crippen LogP contribution in [0.2, 0.25) is 0 Å². The van der Waals surface area contributed by atoms with Crippen LogP contribution in [0.3, 0.4) is 0 Å². The van der Waals surface area contributed by atoms with Crippen molar-refractivity contribution < 1.29 is 10.2 Å². The molecule has 0 saturated carbocycles. The highest BCUT2D eigenvalue weighted by atomic mass is 16.3. The van der Waals surface area contributed by atoms with Crippen LogP contribution in [0.5, 0.6) is 0 Å². The Hall–Kier alpha value is -0.860. The zero-order valence-corrected chi connectivity index (χ0v) is 7.69. The molecule has 0 bridgehead atoms. The van der Waals surface area contributed by atoms with Crippen molar-refractivity contribution in [3.05, 3.63) is 35.9 Å². The van der Waals surface area contributed by atoms with E-state index in [4.69, 9.17) is 5.11 Å². The van der Waals surface area contributed by atoms with Crippen molar-refractivity contribution in [2.24, 2.45) is 0 Å². The predicted molar refractivity (Wildman–Crippen MR) is 52.3 cm³/mol. The number of benzene rings is 1. The molecule has 0 aromatic heterocycles. The maximum Gasteiger partial charge on any atom is 0.0790 e. The number of hydrogen-bond acceptors (Lipinski definition) is 2. The fourth-order valence-corrected chi connectivity index (χ4v) is 1.29. The van der Waals surface area contributed by atoms with E-state index in [-0.39, 0.29) is 12.7 Å². The van der Waals surface area contributed by atoms with Gasteiger partial charge in [0.05, 0.1) is 6.10 Å². The number of hydrogen-bond donors (Lipinski definition) is 2. The molecule has 13 heavy (non-hydrogen) atoms. The van der Waals surface area contributed by atoms with Crippen molar-refractivity contribution in [2.45, 2.75) is 25.4 Å². The second-order valence-electron chi connectivity index (χ2n) is 3.15. The van der Waals surface area contributed by atoms with E-state index < -0.39 is 0 Å². The summed E-state index contributed by atoms with van der Waals surface area (Å²) in [5.74, 6) is 0. The fourth-order valence-electron chi connectivity index (χ4n) is 1.29. The van der Waals surface area contributed by atoms with Gasteiger partial charge in [-0.3, -0.25) is 0 Å².